The Hall–Kier alpha value is -0.370. The number of rotatable bonds is 1. The van der Waals surface area contributed by atoms with Crippen LogP contribution in [0.2, 0.25) is 0 Å². The topological polar surface area (TPSA) is 37.3 Å². The summed E-state index contributed by atoms with van der Waals surface area (Å²) in [5.41, 5.74) is 0.268. The number of carbonyl (C=O) groups is 1. The summed E-state index contributed by atoms with van der Waals surface area (Å²) in [6.07, 6.45) is 9.02. The highest BCUT2D eigenvalue weighted by Crippen LogP contribution is 2.67. The number of Topliss-reactive ketones (excluding diaryl/α,β-unsaturated/α-hetero) is 1. The highest BCUT2D eigenvalue weighted by molar-refractivity contribution is 5.79. The van der Waals surface area contributed by atoms with Crippen LogP contribution in [0.3, 0.4) is 0 Å². The van der Waals surface area contributed by atoms with Gasteiger partial charge in [0, 0.05) is 7.29 Å². The van der Waals surface area contributed by atoms with Crippen LogP contribution in [0, 0.1) is 40.4 Å². The van der Waals surface area contributed by atoms with E-state index in [4.69, 9.17) is 1.37 Å². The van der Waals surface area contributed by atoms with Crippen LogP contribution in [0.25, 0.3) is 0 Å². The molecule has 4 rings (SSSR count). The highest BCUT2D eigenvalue weighted by Gasteiger charge is 2.60. The zero-order valence-corrected chi connectivity index (χ0v) is 15.1. The molecule has 0 radical (unpaired) electrons. The molecule has 0 aromatic carbocycles. The number of fused-ring (bicyclic) bond motifs is 5. The summed E-state index contributed by atoms with van der Waals surface area (Å²) in [6.45, 7) is 6.55. The summed E-state index contributed by atoms with van der Waals surface area (Å²) in [6, 6.07) is 0. The summed E-state index contributed by atoms with van der Waals surface area (Å²) >= 11 is 0. The molecular weight excluding hydrogens is 284 g/mol. The number of aliphatic hydroxyl groups is 1. The number of ketones is 1. The van der Waals surface area contributed by atoms with E-state index in [0.717, 1.165) is 38.5 Å². The first-order valence-corrected chi connectivity index (χ1v) is 9.90. The van der Waals surface area contributed by atoms with Gasteiger partial charge in [-0.25, -0.2) is 0 Å². The van der Waals surface area contributed by atoms with Gasteiger partial charge >= 0.3 is 0 Å². The molecule has 0 spiro atoms. The second-order valence-corrected chi connectivity index (χ2v) is 9.62. The Morgan fingerprint density at radius 2 is 1.70 bits per heavy atom. The summed E-state index contributed by atoms with van der Waals surface area (Å²) in [5, 5.41) is 10.2. The fraction of sp³-hybridized carbons (Fsp3) is 0.952. The van der Waals surface area contributed by atoms with Crippen LogP contribution in [0.15, 0.2) is 0 Å². The van der Waals surface area contributed by atoms with Crippen LogP contribution in [0.1, 0.15) is 79.9 Å². The molecule has 8 atom stereocenters. The van der Waals surface area contributed by atoms with Crippen molar-refractivity contribution in [2.24, 2.45) is 40.4 Å². The Labute approximate surface area is 142 Å². The van der Waals surface area contributed by atoms with Crippen molar-refractivity contribution in [2.45, 2.75) is 84.7 Å². The third-order valence-corrected chi connectivity index (χ3v) is 8.81. The van der Waals surface area contributed by atoms with Crippen LogP contribution in [0.4, 0.5) is 0 Å². The first-order chi connectivity index (χ1) is 11.2. The van der Waals surface area contributed by atoms with E-state index in [1.165, 1.54) is 12.8 Å². The van der Waals surface area contributed by atoms with Crippen LogP contribution >= 0.6 is 0 Å². The Kier molecular flexibility index (Phi) is 3.45. The van der Waals surface area contributed by atoms with Crippen molar-refractivity contribution in [3.8, 4) is 0 Å². The molecule has 4 aliphatic rings. The summed E-state index contributed by atoms with van der Waals surface area (Å²) < 4.78 is 9.16. The van der Waals surface area contributed by atoms with Gasteiger partial charge in [-0.1, -0.05) is 13.8 Å². The maximum absolute atomic E-state index is 12.2. The van der Waals surface area contributed by atoms with Crippen molar-refractivity contribution in [3.05, 3.63) is 0 Å². The van der Waals surface area contributed by atoms with Gasteiger partial charge in [0.2, 0.25) is 0 Å². The zero-order valence-electron chi connectivity index (χ0n) is 16.1. The molecule has 1 N–H and O–H groups in total. The lowest BCUT2D eigenvalue weighted by Crippen LogP contribution is -2.54. The minimum Gasteiger partial charge on any atom is -0.393 e. The molecule has 0 aromatic rings. The van der Waals surface area contributed by atoms with E-state index in [1.807, 2.05) is 0 Å². The monoisotopic (exact) mass is 319 g/mol. The molecule has 0 bridgehead atoms. The first kappa shape index (κ1) is 14.9. The normalized spacial score (nSPS) is 59.5. The summed E-state index contributed by atoms with van der Waals surface area (Å²) in [5.74, 6) is 2.24. The molecule has 0 saturated heterocycles. The average Bonchev–Trinajstić information content (AvgIpc) is 2.86. The fourth-order valence-electron chi connectivity index (χ4n) is 7.59. The van der Waals surface area contributed by atoms with Crippen molar-refractivity contribution in [2.75, 3.05) is 0 Å². The van der Waals surface area contributed by atoms with E-state index in [-0.39, 0.29) is 22.9 Å². The maximum Gasteiger partial charge on any atom is 0.133 e. The predicted octanol–water partition coefficient (Wildman–Crippen LogP) is 4.60. The van der Waals surface area contributed by atoms with Gasteiger partial charge in [0.15, 0.2) is 0 Å². The Morgan fingerprint density at radius 1 is 1.00 bits per heavy atom. The van der Waals surface area contributed by atoms with Gasteiger partial charge in [0.05, 0.1) is 6.10 Å². The predicted molar refractivity (Wildman–Crippen MR) is 91.9 cm³/mol. The molecule has 4 saturated carbocycles. The molecule has 0 heterocycles. The summed E-state index contributed by atoms with van der Waals surface area (Å²) in [7, 11) is 0. The van der Waals surface area contributed by atoms with E-state index in [9.17, 15) is 9.90 Å². The molecule has 4 aliphatic carbocycles. The molecule has 4 fully saturated rings. The smallest absolute Gasteiger partial charge is 0.133 e. The number of hydrogen-bond donors (Lipinski definition) is 1. The molecule has 2 heteroatoms. The fourth-order valence-corrected chi connectivity index (χ4v) is 7.59. The molecule has 0 amide bonds. The standard InChI is InChI=1S/C21H34O2/c1-13(22)17-6-7-18-16-5-4-14-12-15(23)8-10-20(14,2)19(16)9-11-21(17,18)3/h14-19,23H,4-12H2,1-3H3/t14-,15-,16+,17-,18+,19+,20+,21-/m1/s1/i14D. The van der Waals surface area contributed by atoms with Gasteiger partial charge < -0.3 is 5.11 Å². The third-order valence-electron chi connectivity index (χ3n) is 8.81. The largest absolute Gasteiger partial charge is 0.393 e. The lowest BCUT2D eigenvalue weighted by Gasteiger charge is -2.60. The van der Waals surface area contributed by atoms with E-state index >= 15 is 0 Å². The quantitative estimate of drug-likeness (QED) is 0.767. The zero-order chi connectivity index (χ0) is 17.3. The molecule has 130 valence electrons. The van der Waals surface area contributed by atoms with E-state index < -0.39 is 5.89 Å². The van der Waals surface area contributed by atoms with E-state index in [0.29, 0.717) is 30.0 Å². The van der Waals surface area contributed by atoms with Gasteiger partial charge in [0.1, 0.15) is 5.78 Å². The lowest BCUT2D eigenvalue weighted by molar-refractivity contribution is -0.138. The Balaban J connectivity index is 1.65. The molecule has 2 nitrogen and oxygen atoms in total. The second kappa shape index (κ2) is 5.31. The van der Waals surface area contributed by atoms with E-state index in [2.05, 4.69) is 13.8 Å². The molecule has 0 aromatic heterocycles. The highest BCUT2D eigenvalue weighted by atomic mass is 16.3. The first-order valence-electron chi connectivity index (χ1n) is 10.4. The second-order valence-electron chi connectivity index (χ2n) is 9.62. The molecule has 23 heavy (non-hydrogen) atoms. The van der Waals surface area contributed by atoms with E-state index in [1.54, 1.807) is 6.92 Å². The minimum atomic E-state index is -0.432. The van der Waals surface area contributed by atoms with Gasteiger partial charge in [-0.15, -0.1) is 0 Å². The van der Waals surface area contributed by atoms with Gasteiger partial charge in [-0.3, -0.25) is 4.79 Å². The number of carbonyl (C=O) groups excluding carboxylic acids is 1. The van der Waals surface area contributed by atoms with Crippen molar-refractivity contribution in [1.82, 2.24) is 0 Å². The van der Waals surface area contributed by atoms with Gasteiger partial charge in [0.25, 0.3) is 0 Å². The lowest BCUT2D eigenvalue weighted by atomic mass is 9.44. The summed E-state index contributed by atoms with van der Waals surface area (Å²) in [4.78, 5) is 12.2. The van der Waals surface area contributed by atoms with Crippen LogP contribution < -0.4 is 0 Å². The van der Waals surface area contributed by atoms with Gasteiger partial charge in [-0.05, 0) is 99.2 Å². The maximum atomic E-state index is 12.2. The van der Waals surface area contributed by atoms with Crippen LogP contribution in [-0.4, -0.2) is 17.0 Å². The Morgan fingerprint density at radius 3 is 2.43 bits per heavy atom. The van der Waals surface area contributed by atoms with Crippen molar-refractivity contribution < 1.29 is 11.3 Å². The SMILES string of the molecule is [2H][C@]12CC[C@H]3[C@@H]4CC[C@H](C(C)=O)[C@@]4(C)CC[C@@H]3[C@@]1(C)CC[C@@H](O)C2. The molecule has 0 unspecified atom stereocenters. The van der Waals surface area contributed by atoms with Crippen molar-refractivity contribution >= 4 is 5.78 Å². The third kappa shape index (κ3) is 2.19. The Bertz CT molecular complexity index is 548. The number of aliphatic hydroxyl groups excluding tert-OH is 1. The molecular formula is C21H34O2. The average molecular weight is 320 g/mol. The van der Waals surface area contributed by atoms with Crippen molar-refractivity contribution in [1.29, 1.82) is 0 Å². The van der Waals surface area contributed by atoms with Crippen LogP contribution in [0.5, 0.6) is 0 Å². The number of hydrogen-bond acceptors (Lipinski definition) is 2. The van der Waals surface area contributed by atoms with Crippen molar-refractivity contribution in [3.63, 3.8) is 0 Å². The minimum absolute atomic E-state index is 0.0603. The molecule has 0 aliphatic heterocycles. The van der Waals surface area contributed by atoms with Crippen LogP contribution in [-0.2, 0) is 4.79 Å². The van der Waals surface area contributed by atoms with Gasteiger partial charge in [-0.2, -0.15) is 0 Å².